The average molecular weight is 399 g/mol. The molecule has 10 heteroatoms. The Bertz CT molecular complexity index is 1020. The van der Waals surface area contributed by atoms with Crippen molar-refractivity contribution in [2.24, 2.45) is 0 Å². The first-order valence-corrected chi connectivity index (χ1v) is 8.57. The first-order valence-electron chi connectivity index (χ1n) is 8.57. The fourth-order valence-electron chi connectivity index (χ4n) is 2.51. The van der Waals surface area contributed by atoms with Crippen molar-refractivity contribution in [2.45, 2.75) is 13.5 Å². The zero-order valence-corrected chi connectivity index (χ0v) is 15.7. The number of rotatable bonds is 8. The molecule has 10 nitrogen and oxygen atoms in total. The molecule has 0 aliphatic heterocycles. The number of hydrogen-bond donors (Lipinski definition) is 0. The maximum Gasteiger partial charge on any atom is 0.345 e. The van der Waals surface area contributed by atoms with Crippen molar-refractivity contribution in [2.75, 3.05) is 13.7 Å². The van der Waals surface area contributed by atoms with E-state index < -0.39 is 16.6 Å². The minimum absolute atomic E-state index is 0.0541. The fourth-order valence-corrected chi connectivity index (χ4v) is 2.51. The SMILES string of the molecule is CCOc1cc(C(=O)OCc2nc(-c3ccccc3)no2)c([N+](=O)[O-])cc1OC. The quantitative estimate of drug-likeness (QED) is 0.318. The molecular formula is C19H17N3O7. The van der Waals surface area contributed by atoms with Crippen molar-refractivity contribution >= 4 is 11.7 Å². The van der Waals surface area contributed by atoms with Gasteiger partial charge in [-0.25, -0.2) is 4.79 Å². The van der Waals surface area contributed by atoms with Crippen molar-refractivity contribution in [3.05, 3.63) is 64.0 Å². The van der Waals surface area contributed by atoms with Crippen LogP contribution in [0.15, 0.2) is 47.0 Å². The zero-order chi connectivity index (χ0) is 20.8. The molecular weight excluding hydrogens is 382 g/mol. The molecule has 0 radical (unpaired) electrons. The molecule has 3 rings (SSSR count). The van der Waals surface area contributed by atoms with Crippen LogP contribution in [0, 0.1) is 10.1 Å². The van der Waals surface area contributed by atoms with Crippen molar-refractivity contribution in [1.82, 2.24) is 10.1 Å². The molecule has 3 aromatic rings. The summed E-state index contributed by atoms with van der Waals surface area (Å²) in [5, 5.41) is 15.2. The lowest BCUT2D eigenvalue weighted by atomic mass is 10.1. The van der Waals surface area contributed by atoms with Crippen molar-refractivity contribution in [1.29, 1.82) is 0 Å². The molecule has 0 N–H and O–H groups in total. The highest BCUT2D eigenvalue weighted by Gasteiger charge is 2.26. The Morgan fingerprint density at radius 2 is 1.97 bits per heavy atom. The van der Waals surface area contributed by atoms with E-state index in [1.54, 1.807) is 19.1 Å². The third-order valence-corrected chi connectivity index (χ3v) is 3.83. The molecule has 0 bridgehead atoms. The maximum absolute atomic E-state index is 12.5. The number of nitrogens with zero attached hydrogens (tertiary/aromatic N) is 3. The standard InChI is InChI=1S/C19H17N3O7/c1-3-27-16-9-13(14(22(24)25)10-15(16)26-2)19(23)28-11-17-20-18(21-29-17)12-7-5-4-6-8-12/h4-10H,3,11H2,1-2H3. The van der Waals surface area contributed by atoms with Gasteiger partial charge in [-0.05, 0) is 6.92 Å². The van der Waals surface area contributed by atoms with Gasteiger partial charge in [0.25, 0.3) is 11.6 Å². The summed E-state index contributed by atoms with van der Waals surface area (Å²) in [6.07, 6.45) is 0. The van der Waals surface area contributed by atoms with Gasteiger partial charge in [0.2, 0.25) is 5.82 Å². The van der Waals surface area contributed by atoms with Crippen LogP contribution in [0.5, 0.6) is 11.5 Å². The Balaban J connectivity index is 1.79. The van der Waals surface area contributed by atoms with Crippen LogP contribution in [0.1, 0.15) is 23.2 Å². The molecule has 0 unspecified atom stereocenters. The summed E-state index contributed by atoms with van der Waals surface area (Å²) >= 11 is 0. The molecule has 0 atom stereocenters. The van der Waals surface area contributed by atoms with E-state index in [0.717, 1.165) is 11.6 Å². The average Bonchev–Trinajstić information content (AvgIpc) is 3.21. The van der Waals surface area contributed by atoms with E-state index >= 15 is 0 Å². The van der Waals surface area contributed by atoms with Crippen LogP contribution in [0.2, 0.25) is 0 Å². The summed E-state index contributed by atoms with van der Waals surface area (Å²) in [7, 11) is 1.35. The molecule has 29 heavy (non-hydrogen) atoms. The molecule has 0 aliphatic carbocycles. The van der Waals surface area contributed by atoms with E-state index in [1.807, 2.05) is 18.2 Å². The molecule has 150 valence electrons. The zero-order valence-electron chi connectivity index (χ0n) is 15.7. The number of aromatic nitrogens is 2. The number of hydrogen-bond acceptors (Lipinski definition) is 9. The highest BCUT2D eigenvalue weighted by molar-refractivity contribution is 5.95. The van der Waals surface area contributed by atoms with E-state index in [4.69, 9.17) is 18.7 Å². The summed E-state index contributed by atoms with van der Waals surface area (Å²) < 4.78 is 20.6. The third kappa shape index (κ3) is 4.49. The Kier molecular flexibility index (Phi) is 6.03. The molecule has 2 aromatic carbocycles. The van der Waals surface area contributed by atoms with Crippen molar-refractivity contribution < 1.29 is 28.5 Å². The van der Waals surface area contributed by atoms with E-state index in [0.29, 0.717) is 5.82 Å². The number of methoxy groups -OCH3 is 1. The largest absolute Gasteiger partial charge is 0.493 e. The van der Waals surface area contributed by atoms with Gasteiger partial charge in [0.15, 0.2) is 18.1 Å². The number of carbonyl (C=O) groups excluding carboxylic acids is 1. The van der Waals surface area contributed by atoms with Gasteiger partial charge >= 0.3 is 5.97 Å². The Morgan fingerprint density at radius 3 is 2.62 bits per heavy atom. The van der Waals surface area contributed by atoms with E-state index in [2.05, 4.69) is 10.1 Å². The maximum atomic E-state index is 12.5. The molecule has 0 spiro atoms. The number of nitro groups is 1. The van der Waals surface area contributed by atoms with Gasteiger partial charge in [0, 0.05) is 11.6 Å². The van der Waals surface area contributed by atoms with Gasteiger partial charge in [0.05, 0.1) is 24.7 Å². The number of esters is 1. The highest BCUT2D eigenvalue weighted by Crippen LogP contribution is 2.35. The number of ether oxygens (including phenoxy) is 3. The normalized spacial score (nSPS) is 10.4. The summed E-state index contributed by atoms with van der Waals surface area (Å²) in [5.74, 6) is -0.208. The highest BCUT2D eigenvalue weighted by atomic mass is 16.6. The first kappa shape index (κ1) is 19.8. The van der Waals surface area contributed by atoms with Crippen LogP contribution in [-0.2, 0) is 11.3 Å². The molecule has 0 fully saturated rings. The van der Waals surface area contributed by atoms with Crippen LogP contribution < -0.4 is 9.47 Å². The van der Waals surface area contributed by atoms with Gasteiger partial charge in [0.1, 0.15) is 5.56 Å². The predicted octanol–water partition coefficient (Wildman–Crippen LogP) is 3.41. The van der Waals surface area contributed by atoms with Gasteiger partial charge in [-0.15, -0.1) is 0 Å². The number of carbonyl (C=O) groups is 1. The molecule has 1 heterocycles. The Morgan fingerprint density at radius 1 is 1.21 bits per heavy atom. The lowest BCUT2D eigenvalue weighted by Crippen LogP contribution is -2.10. The lowest BCUT2D eigenvalue weighted by molar-refractivity contribution is -0.385. The molecule has 0 amide bonds. The van der Waals surface area contributed by atoms with Gasteiger partial charge in [-0.2, -0.15) is 4.98 Å². The second kappa shape index (κ2) is 8.83. The van der Waals surface area contributed by atoms with Crippen LogP contribution in [0.4, 0.5) is 5.69 Å². The summed E-state index contributed by atoms with van der Waals surface area (Å²) in [4.78, 5) is 27.3. The number of benzene rings is 2. The topological polar surface area (TPSA) is 127 Å². The molecule has 0 aliphatic rings. The van der Waals surface area contributed by atoms with Gasteiger partial charge in [-0.3, -0.25) is 10.1 Å². The fraction of sp³-hybridized carbons (Fsp3) is 0.211. The Labute approximate surface area is 165 Å². The number of nitro benzene ring substituents is 1. The van der Waals surface area contributed by atoms with Crippen molar-refractivity contribution in [3.8, 4) is 22.9 Å². The molecule has 0 saturated heterocycles. The lowest BCUT2D eigenvalue weighted by Gasteiger charge is -2.11. The van der Waals surface area contributed by atoms with E-state index in [-0.39, 0.29) is 36.2 Å². The van der Waals surface area contributed by atoms with Crippen molar-refractivity contribution in [3.63, 3.8) is 0 Å². The van der Waals surface area contributed by atoms with Crippen LogP contribution in [0.3, 0.4) is 0 Å². The smallest absolute Gasteiger partial charge is 0.345 e. The minimum Gasteiger partial charge on any atom is -0.493 e. The van der Waals surface area contributed by atoms with Gasteiger partial charge < -0.3 is 18.7 Å². The Hall–Kier alpha value is -3.95. The van der Waals surface area contributed by atoms with Crippen LogP contribution in [-0.4, -0.2) is 34.7 Å². The first-order chi connectivity index (χ1) is 14.0. The monoisotopic (exact) mass is 399 g/mol. The molecule has 0 saturated carbocycles. The minimum atomic E-state index is -0.931. The van der Waals surface area contributed by atoms with Gasteiger partial charge in [-0.1, -0.05) is 35.5 Å². The van der Waals surface area contributed by atoms with E-state index in [1.165, 1.54) is 13.2 Å². The summed E-state index contributed by atoms with van der Waals surface area (Å²) in [6, 6.07) is 11.4. The molecule has 1 aromatic heterocycles. The van der Waals surface area contributed by atoms with Crippen LogP contribution >= 0.6 is 0 Å². The summed E-state index contributed by atoms with van der Waals surface area (Å²) in [6.45, 7) is 1.68. The van der Waals surface area contributed by atoms with E-state index in [9.17, 15) is 14.9 Å². The summed E-state index contributed by atoms with van der Waals surface area (Å²) in [5.41, 5.74) is -0.00571. The van der Waals surface area contributed by atoms with Crippen LogP contribution in [0.25, 0.3) is 11.4 Å². The third-order valence-electron chi connectivity index (χ3n) is 3.83. The second-order valence-corrected chi connectivity index (χ2v) is 5.66. The second-order valence-electron chi connectivity index (χ2n) is 5.66. The predicted molar refractivity (Wildman–Crippen MR) is 99.7 cm³/mol.